The highest BCUT2D eigenvalue weighted by molar-refractivity contribution is 6.04. The highest BCUT2D eigenvalue weighted by Crippen LogP contribution is 2.20. The third kappa shape index (κ3) is 4.95. The summed E-state index contributed by atoms with van der Waals surface area (Å²) in [6.07, 6.45) is 0. The van der Waals surface area contributed by atoms with Gasteiger partial charge in [-0.05, 0) is 54.1 Å². The van der Waals surface area contributed by atoms with Gasteiger partial charge in [0.1, 0.15) is 5.75 Å². The number of nitrogens with one attached hydrogen (secondary N) is 1. The van der Waals surface area contributed by atoms with Crippen LogP contribution in [0.3, 0.4) is 0 Å². The number of amides is 1. The van der Waals surface area contributed by atoms with Crippen LogP contribution >= 0.6 is 0 Å². The monoisotopic (exact) mass is 387 g/mol. The first-order chi connectivity index (χ1) is 14.2. The highest BCUT2D eigenvalue weighted by atomic mass is 16.3. The van der Waals surface area contributed by atoms with E-state index in [0.717, 1.165) is 49.7 Å². The molecule has 0 aromatic heterocycles. The molecule has 1 aliphatic heterocycles. The molecule has 29 heavy (non-hydrogen) atoms. The number of phenols is 1. The third-order valence-corrected chi connectivity index (χ3v) is 5.21. The molecule has 3 aromatic carbocycles. The summed E-state index contributed by atoms with van der Waals surface area (Å²) in [5, 5.41) is 12.4. The van der Waals surface area contributed by atoms with Gasteiger partial charge >= 0.3 is 0 Å². The zero-order valence-electron chi connectivity index (χ0n) is 16.3. The highest BCUT2D eigenvalue weighted by Gasteiger charge is 2.18. The lowest BCUT2D eigenvalue weighted by Crippen LogP contribution is -2.45. The van der Waals surface area contributed by atoms with Gasteiger partial charge in [-0.25, -0.2) is 0 Å². The Bertz CT molecular complexity index is 949. The molecule has 0 aliphatic carbocycles. The molecule has 0 unspecified atom stereocenters. The first-order valence-corrected chi connectivity index (χ1v) is 9.89. The Morgan fingerprint density at radius 2 is 1.59 bits per heavy atom. The van der Waals surface area contributed by atoms with Gasteiger partial charge in [-0.2, -0.15) is 0 Å². The van der Waals surface area contributed by atoms with E-state index in [9.17, 15) is 9.90 Å². The molecule has 2 N–H and O–H groups in total. The van der Waals surface area contributed by atoms with Gasteiger partial charge in [0, 0.05) is 49.7 Å². The fraction of sp³-hybridized carbons (Fsp3) is 0.208. The molecule has 1 fully saturated rings. The maximum absolute atomic E-state index is 12.5. The number of carbonyl (C=O) groups excluding carboxylic acids is 1. The summed E-state index contributed by atoms with van der Waals surface area (Å²) >= 11 is 0. The predicted octanol–water partition coefficient (Wildman–Crippen LogP) is 3.97. The molecule has 5 heteroatoms. The van der Waals surface area contributed by atoms with Gasteiger partial charge in [0.15, 0.2) is 0 Å². The molecule has 1 saturated heterocycles. The molecule has 148 valence electrons. The fourth-order valence-corrected chi connectivity index (χ4v) is 3.62. The van der Waals surface area contributed by atoms with Crippen LogP contribution in [0.25, 0.3) is 0 Å². The Morgan fingerprint density at radius 3 is 2.31 bits per heavy atom. The molecule has 1 aliphatic rings. The van der Waals surface area contributed by atoms with Crippen LogP contribution in [-0.2, 0) is 6.54 Å². The quantitative estimate of drug-likeness (QED) is 0.696. The van der Waals surface area contributed by atoms with Crippen LogP contribution in [0.1, 0.15) is 15.9 Å². The lowest BCUT2D eigenvalue weighted by atomic mass is 10.1. The molecule has 4 rings (SSSR count). The normalized spacial score (nSPS) is 14.6. The molecule has 0 saturated carbocycles. The van der Waals surface area contributed by atoms with E-state index in [-0.39, 0.29) is 5.91 Å². The SMILES string of the molecule is O=C(Nc1ccccc1)c1cccc(CN2CCN(c3ccc(O)cc3)CC2)c1. The largest absolute Gasteiger partial charge is 0.508 e. The number of anilines is 2. The summed E-state index contributed by atoms with van der Waals surface area (Å²) in [6.45, 7) is 4.64. The average molecular weight is 387 g/mol. The first kappa shape index (κ1) is 19.0. The second-order valence-electron chi connectivity index (χ2n) is 7.30. The van der Waals surface area contributed by atoms with Gasteiger partial charge in [-0.15, -0.1) is 0 Å². The molecule has 1 amide bonds. The summed E-state index contributed by atoms with van der Waals surface area (Å²) in [7, 11) is 0. The van der Waals surface area contributed by atoms with Crippen molar-refractivity contribution >= 4 is 17.3 Å². The predicted molar refractivity (Wildman–Crippen MR) is 116 cm³/mol. The van der Waals surface area contributed by atoms with Gasteiger partial charge in [-0.3, -0.25) is 9.69 Å². The van der Waals surface area contributed by atoms with E-state index in [4.69, 9.17) is 0 Å². The first-order valence-electron chi connectivity index (χ1n) is 9.89. The van der Waals surface area contributed by atoms with Crippen LogP contribution in [-0.4, -0.2) is 42.1 Å². The zero-order chi connectivity index (χ0) is 20.1. The van der Waals surface area contributed by atoms with Crippen molar-refractivity contribution in [2.45, 2.75) is 6.54 Å². The fourth-order valence-electron chi connectivity index (χ4n) is 3.62. The number of hydrogen-bond acceptors (Lipinski definition) is 4. The number of nitrogens with zero attached hydrogens (tertiary/aromatic N) is 2. The second-order valence-corrected chi connectivity index (χ2v) is 7.30. The maximum atomic E-state index is 12.5. The summed E-state index contributed by atoms with van der Waals surface area (Å²) in [4.78, 5) is 17.3. The number of carbonyl (C=O) groups is 1. The van der Waals surface area contributed by atoms with Crippen molar-refractivity contribution in [2.75, 3.05) is 36.4 Å². The zero-order valence-corrected chi connectivity index (χ0v) is 16.3. The number of aromatic hydroxyl groups is 1. The number of rotatable bonds is 5. The van der Waals surface area contributed by atoms with E-state index in [0.29, 0.717) is 11.3 Å². The van der Waals surface area contributed by atoms with Crippen LogP contribution in [0.15, 0.2) is 78.9 Å². The topological polar surface area (TPSA) is 55.8 Å². The number of phenolic OH excluding ortho intramolecular Hbond substituents is 1. The lowest BCUT2D eigenvalue weighted by Gasteiger charge is -2.36. The number of benzene rings is 3. The Morgan fingerprint density at radius 1 is 0.862 bits per heavy atom. The molecular weight excluding hydrogens is 362 g/mol. The summed E-state index contributed by atoms with van der Waals surface area (Å²) in [5.74, 6) is 0.207. The van der Waals surface area contributed by atoms with E-state index >= 15 is 0 Å². The standard InChI is InChI=1S/C24H25N3O2/c28-23-11-9-22(10-12-23)27-15-13-26(14-16-27)18-19-5-4-6-20(17-19)24(29)25-21-7-2-1-3-8-21/h1-12,17,28H,13-16,18H2,(H,25,29). The van der Waals surface area contributed by atoms with Crippen molar-refractivity contribution in [3.8, 4) is 5.75 Å². The van der Waals surface area contributed by atoms with Crippen LogP contribution < -0.4 is 10.2 Å². The van der Waals surface area contributed by atoms with Crippen molar-refractivity contribution in [3.05, 3.63) is 90.0 Å². The van der Waals surface area contributed by atoms with Crippen molar-refractivity contribution < 1.29 is 9.90 Å². The Labute approximate surface area is 171 Å². The molecule has 0 radical (unpaired) electrons. The molecular formula is C24H25N3O2. The number of para-hydroxylation sites is 1. The minimum Gasteiger partial charge on any atom is -0.508 e. The van der Waals surface area contributed by atoms with Crippen molar-refractivity contribution in [1.29, 1.82) is 0 Å². The van der Waals surface area contributed by atoms with Crippen molar-refractivity contribution in [1.82, 2.24) is 4.90 Å². The van der Waals surface area contributed by atoms with E-state index in [1.165, 1.54) is 0 Å². The number of piperazine rings is 1. The summed E-state index contributed by atoms with van der Waals surface area (Å²) in [6, 6.07) is 24.7. The smallest absolute Gasteiger partial charge is 0.255 e. The summed E-state index contributed by atoms with van der Waals surface area (Å²) in [5.41, 5.74) is 3.76. The van der Waals surface area contributed by atoms with E-state index in [1.54, 1.807) is 12.1 Å². The van der Waals surface area contributed by atoms with E-state index in [1.807, 2.05) is 60.7 Å². The Hall–Kier alpha value is -3.31. The molecule has 3 aromatic rings. The molecule has 0 atom stereocenters. The second kappa shape index (κ2) is 8.80. The van der Waals surface area contributed by atoms with E-state index in [2.05, 4.69) is 21.2 Å². The molecule has 0 bridgehead atoms. The molecule has 0 spiro atoms. The van der Waals surface area contributed by atoms with Gasteiger partial charge in [-0.1, -0.05) is 30.3 Å². The number of hydrogen-bond donors (Lipinski definition) is 2. The Kier molecular flexibility index (Phi) is 5.77. The molecule has 5 nitrogen and oxygen atoms in total. The third-order valence-electron chi connectivity index (χ3n) is 5.21. The lowest BCUT2D eigenvalue weighted by molar-refractivity contribution is 0.102. The average Bonchev–Trinajstić information content (AvgIpc) is 2.76. The van der Waals surface area contributed by atoms with Crippen LogP contribution in [0.2, 0.25) is 0 Å². The van der Waals surface area contributed by atoms with E-state index < -0.39 is 0 Å². The Balaban J connectivity index is 1.34. The van der Waals surface area contributed by atoms with Crippen LogP contribution in [0.5, 0.6) is 5.75 Å². The van der Waals surface area contributed by atoms with Crippen molar-refractivity contribution in [2.24, 2.45) is 0 Å². The van der Waals surface area contributed by atoms with Gasteiger partial charge in [0.2, 0.25) is 0 Å². The van der Waals surface area contributed by atoms with Gasteiger partial charge < -0.3 is 15.3 Å². The van der Waals surface area contributed by atoms with Gasteiger partial charge in [0.05, 0.1) is 0 Å². The van der Waals surface area contributed by atoms with Crippen LogP contribution in [0.4, 0.5) is 11.4 Å². The molecule has 1 heterocycles. The summed E-state index contributed by atoms with van der Waals surface area (Å²) < 4.78 is 0. The minimum atomic E-state index is -0.0878. The van der Waals surface area contributed by atoms with Crippen LogP contribution in [0, 0.1) is 0 Å². The minimum absolute atomic E-state index is 0.0878. The van der Waals surface area contributed by atoms with Crippen molar-refractivity contribution in [3.63, 3.8) is 0 Å². The maximum Gasteiger partial charge on any atom is 0.255 e. The van der Waals surface area contributed by atoms with Gasteiger partial charge in [0.25, 0.3) is 5.91 Å².